The van der Waals surface area contributed by atoms with Gasteiger partial charge in [0, 0.05) is 24.0 Å². The summed E-state index contributed by atoms with van der Waals surface area (Å²) in [5.41, 5.74) is 4.89. The van der Waals surface area contributed by atoms with E-state index in [1.165, 1.54) is 17.7 Å². The predicted molar refractivity (Wildman–Crippen MR) is 95.5 cm³/mol. The molecule has 2 aromatic rings. The fourth-order valence-corrected chi connectivity index (χ4v) is 2.85. The molecule has 2 heterocycles. The van der Waals surface area contributed by atoms with Gasteiger partial charge in [0.1, 0.15) is 5.82 Å². The number of rotatable bonds is 6. The molecule has 1 aliphatic rings. The van der Waals surface area contributed by atoms with E-state index in [2.05, 4.69) is 58.6 Å². The van der Waals surface area contributed by atoms with E-state index < -0.39 is 0 Å². The van der Waals surface area contributed by atoms with Crippen molar-refractivity contribution in [3.63, 3.8) is 0 Å². The molecule has 0 unspecified atom stereocenters. The van der Waals surface area contributed by atoms with Gasteiger partial charge in [0.15, 0.2) is 0 Å². The second-order valence-corrected chi connectivity index (χ2v) is 6.22. The van der Waals surface area contributed by atoms with Crippen molar-refractivity contribution in [2.24, 2.45) is 0 Å². The molecule has 0 radical (unpaired) electrons. The Labute approximate surface area is 137 Å². The summed E-state index contributed by atoms with van der Waals surface area (Å²) in [5.74, 6) is 1.33. The molecule has 4 heteroatoms. The van der Waals surface area contributed by atoms with E-state index in [-0.39, 0.29) is 0 Å². The third-order valence-electron chi connectivity index (χ3n) is 4.11. The van der Waals surface area contributed by atoms with Crippen LogP contribution >= 0.6 is 0 Å². The van der Waals surface area contributed by atoms with Crippen LogP contribution in [0.25, 0.3) is 11.1 Å². The van der Waals surface area contributed by atoms with E-state index in [4.69, 9.17) is 0 Å². The molecule has 0 saturated carbocycles. The highest BCUT2D eigenvalue weighted by Crippen LogP contribution is 2.28. The van der Waals surface area contributed by atoms with Crippen molar-refractivity contribution in [1.29, 1.82) is 0 Å². The van der Waals surface area contributed by atoms with Crippen molar-refractivity contribution in [3.8, 4) is 11.1 Å². The van der Waals surface area contributed by atoms with Crippen LogP contribution in [0.1, 0.15) is 44.7 Å². The topological polar surface area (TPSA) is 53.6 Å². The first-order valence-electron chi connectivity index (χ1n) is 8.33. The lowest BCUT2D eigenvalue weighted by Gasteiger charge is -2.10. The van der Waals surface area contributed by atoms with Gasteiger partial charge in [0.05, 0.1) is 6.20 Å². The largest absolute Gasteiger partial charge is 0.370 e. The van der Waals surface area contributed by atoms with E-state index in [0.717, 1.165) is 36.3 Å². The zero-order valence-corrected chi connectivity index (χ0v) is 13.8. The molecular weight excluding hydrogens is 284 g/mol. The lowest BCUT2D eigenvalue weighted by Crippen LogP contribution is -2.04. The van der Waals surface area contributed by atoms with Gasteiger partial charge < -0.3 is 5.32 Å². The van der Waals surface area contributed by atoms with Gasteiger partial charge in [-0.3, -0.25) is 5.10 Å². The van der Waals surface area contributed by atoms with Gasteiger partial charge in [0.2, 0.25) is 0 Å². The second kappa shape index (κ2) is 7.27. The van der Waals surface area contributed by atoms with E-state index in [0.29, 0.717) is 5.92 Å². The average molecular weight is 308 g/mol. The minimum absolute atomic E-state index is 0.419. The standard InChI is InChI=1S/C19H24N4/c1-14(2)19-17(13-22-23-19)16-9-11-21-18(12-16)20-10-8-15-6-4-3-5-7-15/h4,6-7,9,11-14H,3,5,8,10H2,1-2H3,(H,20,21)(H,22,23). The Morgan fingerprint density at radius 1 is 1.30 bits per heavy atom. The number of nitrogens with zero attached hydrogens (tertiary/aromatic N) is 2. The first-order valence-corrected chi connectivity index (χ1v) is 8.33. The average Bonchev–Trinajstić information content (AvgIpc) is 3.06. The predicted octanol–water partition coefficient (Wildman–Crippen LogP) is 4.67. The summed E-state index contributed by atoms with van der Waals surface area (Å²) in [7, 11) is 0. The zero-order chi connectivity index (χ0) is 16.1. The lowest BCUT2D eigenvalue weighted by atomic mass is 10.0. The number of H-pyrrole nitrogens is 1. The first-order chi connectivity index (χ1) is 11.2. The maximum atomic E-state index is 4.43. The SMILES string of the molecule is CC(C)c1[nH]ncc1-c1ccnc(NCCC2=CCCC=C2)c1. The molecule has 0 fully saturated rings. The van der Waals surface area contributed by atoms with Crippen LogP contribution in [0.15, 0.2) is 48.3 Å². The molecule has 2 N–H and O–H groups in total. The van der Waals surface area contributed by atoms with Crippen molar-refractivity contribution in [3.05, 3.63) is 54.0 Å². The molecule has 0 aliphatic heterocycles. The third-order valence-corrected chi connectivity index (χ3v) is 4.11. The minimum Gasteiger partial charge on any atom is -0.370 e. The molecule has 120 valence electrons. The summed E-state index contributed by atoms with van der Waals surface area (Å²) in [6, 6.07) is 4.14. The number of hydrogen-bond acceptors (Lipinski definition) is 3. The Morgan fingerprint density at radius 2 is 2.22 bits per heavy atom. The van der Waals surface area contributed by atoms with Gasteiger partial charge in [-0.2, -0.15) is 5.10 Å². The van der Waals surface area contributed by atoms with Gasteiger partial charge in [-0.1, -0.05) is 37.6 Å². The Kier molecular flexibility index (Phi) is 4.91. The summed E-state index contributed by atoms with van der Waals surface area (Å²) in [6.07, 6.45) is 13.9. The molecule has 4 nitrogen and oxygen atoms in total. The molecule has 0 saturated heterocycles. The molecule has 0 spiro atoms. The van der Waals surface area contributed by atoms with Crippen LogP contribution in [0, 0.1) is 0 Å². The van der Waals surface area contributed by atoms with Gasteiger partial charge >= 0.3 is 0 Å². The number of anilines is 1. The fraction of sp³-hybridized carbons (Fsp3) is 0.368. The normalized spacial score (nSPS) is 14.1. The highest BCUT2D eigenvalue weighted by Gasteiger charge is 2.11. The molecule has 0 atom stereocenters. The van der Waals surface area contributed by atoms with Crippen LogP contribution in [0.4, 0.5) is 5.82 Å². The quantitative estimate of drug-likeness (QED) is 0.815. The number of aromatic amines is 1. The number of pyridine rings is 1. The van der Waals surface area contributed by atoms with E-state index >= 15 is 0 Å². The maximum absolute atomic E-state index is 4.43. The van der Waals surface area contributed by atoms with Crippen LogP contribution in [0.2, 0.25) is 0 Å². The highest BCUT2D eigenvalue weighted by atomic mass is 15.1. The molecule has 23 heavy (non-hydrogen) atoms. The van der Waals surface area contributed by atoms with Crippen molar-refractivity contribution in [2.45, 2.75) is 39.0 Å². The van der Waals surface area contributed by atoms with Crippen LogP contribution < -0.4 is 5.32 Å². The minimum atomic E-state index is 0.419. The number of nitrogens with one attached hydrogen (secondary N) is 2. The van der Waals surface area contributed by atoms with Crippen molar-refractivity contribution in [2.75, 3.05) is 11.9 Å². The summed E-state index contributed by atoms with van der Waals surface area (Å²) < 4.78 is 0. The fourth-order valence-electron chi connectivity index (χ4n) is 2.85. The van der Waals surface area contributed by atoms with E-state index in [1.807, 2.05) is 18.5 Å². The molecule has 2 aromatic heterocycles. The monoisotopic (exact) mass is 308 g/mol. The molecule has 0 bridgehead atoms. The third kappa shape index (κ3) is 3.89. The summed E-state index contributed by atoms with van der Waals surface area (Å²) in [5, 5.41) is 10.7. The van der Waals surface area contributed by atoms with E-state index in [9.17, 15) is 0 Å². The van der Waals surface area contributed by atoms with Crippen LogP contribution in [0.3, 0.4) is 0 Å². The van der Waals surface area contributed by atoms with Crippen LogP contribution in [0.5, 0.6) is 0 Å². The zero-order valence-electron chi connectivity index (χ0n) is 13.8. The Bertz CT molecular complexity index is 710. The molecule has 0 amide bonds. The first kappa shape index (κ1) is 15.5. The Balaban J connectivity index is 1.66. The van der Waals surface area contributed by atoms with Gasteiger partial charge in [-0.25, -0.2) is 4.98 Å². The smallest absolute Gasteiger partial charge is 0.126 e. The molecule has 1 aliphatic carbocycles. The van der Waals surface area contributed by atoms with Crippen molar-refractivity contribution < 1.29 is 0 Å². The van der Waals surface area contributed by atoms with Gasteiger partial charge in [-0.05, 0) is 42.9 Å². The van der Waals surface area contributed by atoms with Crippen LogP contribution in [-0.4, -0.2) is 21.7 Å². The van der Waals surface area contributed by atoms with Crippen molar-refractivity contribution >= 4 is 5.82 Å². The molecular formula is C19H24N4. The Morgan fingerprint density at radius 3 is 3.00 bits per heavy atom. The lowest BCUT2D eigenvalue weighted by molar-refractivity contribution is 0.812. The van der Waals surface area contributed by atoms with E-state index in [1.54, 1.807) is 0 Å². The summed E-state index contributed by atoms with van der Waals surface area (Å²) >= 11 is 0. The second-order valence-electron chi connectivity index (χ2n) is 6.22. The summed E-state index contributed by atoms with van der Waals surface area (Å²) in [6.45, 7) is 5.24. The molecule has 0 aromatic carbocycles. The maximum Gasteiger partial charge on any atom is 0.126 e. The molecule has 3 rings (SSSR count). The number of aromatic nitrogens is 3. The highest BCUT2D eigenvalue weighted by molar-refractivity contribution is 5.68. The van der Waals surface area contributed by atoms with Crippen molar-refractivity contribution in [1.82, 2.24) is 15.2 Å². The Hall–Kier alpha value is -2.36. The van der Waals surface area contributed by atoms with Crippen LogP contribution in [-0.2, 0) is 0 Å². The summed E-state index contributed by atoms with van der Waals surface area (Å²) in [4.78, 5) is 4.43. The number of allylic oxidation sites excluding steroid dienone is 3. The number of hydrogen-bond donors (Lipinski definition) is 2. The van der Waals surface area contributed by atoms with Gasteiger partial charge in [-0.15, -0.1) is 0 Å². The van der Waals surface area contributed by atoms with Gasteiger partial charge in [0.25, 0.3) is 0 Å².